The summed E-state index contributed by atoms with van der Waals surface area (Å²) < 4.78 is 7.31. The number of benzene rings is 3. The van der Waals surface area contributed by atoms with E-state index in [1.54, 1.807) is 31.4 Å². The Hall–Kier alpha value is -3.91. The maximum Gasteiger partial charge on any atom is 0.262 e. The fourth-order valence-electron chi connectivity index (χ4n) is 3.91. The number of thioether (sulfide) groups is 1. The molecule has 0 N–H and O–H groups in total. The summed E-state index contributed by atoms with van der Waals surface area (Å²) in [5.41, 5.74) is 3.00. The molecule has 1 aliphatic heterocycles. The zero-order valence-electron chi connectivity index (χ0n) is 18.5. The van der Waals surface area contributed by atoms with Crippen molar-refractivity contribution < 1.29 is 14.3 Å². The molecule has 7 nitrogen and oxygen atoms in total. The zero-order valence-corrected chi connectivity index (χ0v) is 19.4. The van der Waals surface area contributed by atoms with Crippen LogP contribution in [0.1, 0.15) is 26.3 Å². The Morgan fingerprint density at radius 1 is 0.824 bits per heavy atom. The Balaban J connectivity index is 1.40. The van der Waals surface area contributed by atoms with Crippen LogP contribution in [-0.4, -0.2) is 44.5 Å². The van der Waals surface area contributed by atoms with Gasteiger partial charge in [-0.05, 0) is 48.4 Å². The van der Waals surface area contributed by atoms with E-state index >= 15 is 0 Å². The van der Waals surface area contributed by atoms with E-state index < -0.39 is 0 Å². The first-order valence-electron chi connectivity index (χ1n) is 10.9. The zero-order chi connectivity index (χ0) is 23.5. The van der Waals surface area contributed by atoms with Gasteiger partial charge in [-0.1, -0.05) is 54.2 Å². The second-order valence-corrected chi connectivity index (χ2v) is 8.69. The number of nitrogens with zero attached hydrogens (tertiary/aromatic N) is 4. The second kappa shape index (κ2) is 9.52. The minimum Gasteiger partial charge on any atom is -0.497 e. The van der Waals surface area contributed by atoms with Crippen molar-refractivity contribution in [2.75, 3.05) is 13.0 Å². The first-order valence-corrected chi connectivity index (χ1v) is 11.8. The molecule has 1 aromatic heterocycles. The topological polar surface area (TPSA) is 77.3 Å². The summed E-state index contributed by atoms with van der Waals surface area (Å²) in [6, 6.07) is 24.8. The lowest BCUT2D eigenvalue weighted by Crippen LogP contribution is -2.29. The molecule has 0 atom stereocenters. The standard InChI is InChI=1S/C26H22N4O3S/c1-33-20-13-11-19(12-14-20)23-27-28-26(29(23)16-15-18-7-3-2-4-8-18)34-17-30-24(31)21-9-5-6-10-22(21)25(30)32/h2-14H,15-17H2,1H3. The predicted molar refractivity (Wildman–Crippen MR) is 130 cm³/mol. The van der Waals surface area contributed by atoms with Gasteiger partial charge < -0.3 is 9.30 Å². The Kier molecular flexibility index (Phi) is 6.14. The number of imide groups is 1. The number of carbonyl (C=O) groups is 2. The summed E-state index contributed by atoms with van der Waals surface area (Å²) in [5, 5.41) is 9.49. The van der Waals surface area contributed by atoms with Crippen molar-refractivity contribution in [3.8, 4) is 17.1 Å². The molecule has 8 heteroatoms. The molecule has 0 saturated heterocycles. The van der Waals surface area contributed by atoms with Crippen LogP contribution in [0, 0.1) is 0 Å². The summed E-state index contributed by atoms with van der Waals surface area (Å²) in [5.74, 6) is 1.10. The van der Waals surface area contributed by atoms with Crippen LogP contribution in [0.5, 0.6) is 5.75 Å². The predicted octanol–water partition coefficient (Wildman–Crippen LogP) is 4.54. The number of carbonyl (C=O) groups excluding carboxylic acids is 2. The Morgan fingerprint density at radius 2 is 1.47 bits per heavy atom. The molecule has 0 saturated carbocycles. The largest absolute Gasteiger partial charge is 0.497 e. The number of aryl methyl sites for hydroxylation is 1. The second-order valence-electron chi connectivity index (χ2n) is 7.78. The van der Waals surface area contributed by atoms with Crippen molar-refractivity contribution in [1.29, 1.82) is 0 Å². The molecule has 1 aliphatic rings. The molecule has 0 radical (unpaired) electrons. The van der Waals surface area contributed by atoms with Gasteiger partial charge in [0.2, 0.25) is 0 Å². The van der Waals surface area contributed by atoms with E-state index in [2.05, 4.69) is 22.3 Å². The maximum absolute atomic E-state index is 12.7. The normalized spacial score (nSPS) is 12.8. The van der Waals surface area contributed by atoms with Gasteiger partial charge in [0, 0.05) is 12.1 Å². The van der Waals surface area contributed by atoms with Crippen molar-refractivity contribution >= 4 is 23.6 Å². The fraction of sp³-hybridized carbons (Fsp3) is 0.154. The highest BCUT2D eigenvalue weighted by Gasteiger charge is 2.35. The summed E-state index contributed by atoms with van der Waals surface area (Å²) in [4.78, 5) is 26.8. The molecule has 34 heavy (non-hydrogen) atoms. The van der Waals surface area contributed by atoms with Crippen LogP contribution in [0.15, 0.2) is 84.0 Å². The highest BCUT2D eigenvalue weighted by atomic mass is 32.2. The number of fused-ring (bicyclic) bond motifs is 1. The Labute approximate surface area is 201 Å². The van der Waals surface area contributed by atoms with Crippen LogP contribution in [0.4, 0.5) is 0 Å². The summed E-state index contributed by atoms with van der Waals surface area (Å²) >= 11 is 1.33. The number of amides is 2. The molecule has 0 fully saturated rings. The molecule has 170 valence electrons. The first-order chi connectivity index (χ1) is 16.7. The van der Waals surface area contributed by atoms with Gasteiger partial charge in [-0.2, -0.15) is 0 Å². The van der Waals surface area contributed by atoms with Crippen molar-refractivity contribution in [1.82, 2.24) is 19.7 Å². The average molecular weight is 471 g/mol. The van der Waals surface area contributed by atoms with Crippen LogP contribution in [0.3, 0.4) is 0 Å². The van der Waals surface area contributed by atoms with Crippen molar-refractivity contribution in [2.24, 2.45) is 0 Å². The summed E-state index contributed by atoms with van der Waals surface area (Å²) in [6.45, 7) is 0.656. The van der Waals surface area contributed by atoms with Crippen LogP contribution < -0.4 is 4.74 Å². The van der Waals surface area contributed by atoms with Gasteiger partial charge in [-0.15, -0.1) is 10.2 Å². The molecule has 0 unspecified atom stereocenters. The third-order valence-corrected chi connectivity index (χ3v) is 6.68. The van der Waals surface area contributed by atoms with E-state index in [4.69, 9.17) is 4.74 Å². The number of rotatable bonds is 8. The fourth-order valence-corrected chi connectivity index (χ4v) is 4.83. The lowest BCUT2D eigenvalue weighted by molar-refractivity contribution is 0.0684. The first kappa shape index (κ1) is 21.9. The maximum atomic E-state index is 12.7. The van der Waals surface area contributed by atoms with E-state index in [1.807, 2.05) is 47.0 Å². The van der Waals surface area contributed by atoms with Crippen molar-refractivity contribution in [3.63, 3.8) is 0 Å². The summed E-state index contributed by atoms with van der Waals surface area (Å²) in [6.07, 6.45) is 0.794. The molecular formula is C26H22N4O3S. The van der Waals surface area contributed by atoms with Gasteiger partial charge in [0.05, 0.1) is 24.1 Å². The van der Waals surface area contributed by atoms with Gasteiger partial charge in [0.25, 0.3) is 11.8 Å². The van der Waals surface area contributed by atoms with Crippen molar-refractivity contribution in [2.45, 2.75) is 18.1 Å². The number of hydrogen-bond donors (Lipinski definition) is 0. The smallest absolute Gasteiger partial charge is 0.262 e. The number of aromatic nitrogens is 3. The monoisotopic (exact) mass is 470 g/mol. The van der Waals surface area contributed by atoms with E-state index in [1.165, 1.54) is 22.2 Å². The molecule has 0 spiro atoms. The van der Waals surface area contributed by atoms with E-state index in [0.717, 1.165) is 23.6 Å². The van der Waals surface area contributed by atoms with Gasteiger partial charge in [0.1, 0.15) is 5.75 Å². The lowest BCUT2D eigenvalue weighted by atomic mass is 10.1. The van der Waals surface area contributed by atoms with Crippen LogP contribution >= 0.6 is 11.8 Å². The van der Waals surface area contributed by atoms with Gasteiger partial charge >= 0.3 is 0 Å². The summed E-state index contributed by atoms with van der Waals surface area (Å²) in [7, 11) is 1.63. The van der Waals surface area contributed by atoms with Crippen LogP contribution in [0.25, 0.3) is 11.4 Å². The Morgan fingerprint density at radius 3 is 2.12 bits per heavy atom. The van der Waals surface area contributed by atoms with E-state index in [-0.39, 0.29) is 17.7 Å². The van der Waals surface area contributed by atoms with Crippen LogP contribution in [-0.2, 0) is 13.0 Å². The van der Waals surface area contributed by atoms with E-state index in [0.29, 0.717) is 22.8 Å². The van der Waals surface area contributed by atoms with Gasteiger partial charge in [-0.25, -0.2) is 0 Å². The molecule has 2 amide bonds. The average Bonchev–Trinajstić information content (AvgIpc) is 3.40. The lowest BCUT2D eigenvalue weighted by Gasteiger charge is -2.14. The minimum absolute atomic E-state index is 0.165. The Bertz CT molecular complexity index is 1300. The SMILES string of the molecule is COc1ccc(-c2nnc(SCN3C(=O)c4ccccc4C3=O)n2CCc2ccccc2)cc1. The molecule has 4 aromatic rings. The van der Waals surface area contributed by atoms with Crippen molar-refractivity contribution in [3.05, 3.63) is 95.6 Å². The molecule has 3 aromatic carbocycles. The number of hydrogen-bond acceptors (Lipinski definition) is 6. The molecule has 0 bridgehead atoms. The number of ether oxygens (including phenoxy) is 1. The minimum atomic E-state index is -0.279. The molecular weight excluding hydrogens is 448 g/mol. The highest BCUT2D eigenvalue weighted by Crippen LogP contribution is 2.29. The molecule has 5 rings (SSSR count). The third-order valence-electron chi connectivity index (χ3n) is 5.73. The molecule has 2 heterocycles. The van der Waals surface area contributed by atoms with Gasteiger partial charge in [0.15, 0.2) is 11.0 Å². The third kappa shape index (κ3) is 4.20. The molecule has 0 aliphatic carbocycles. The van der Waals surface area contributed by atoms with Crippen LogP contribution in [0.2, 0.25) is 0 Å². The highest BCUT2D eigenvalue weighted by molar-refractivity contribution is 7.99. The number of methoxy groups -OCH3 is 1. The van der Waals surface area contributed by atoms with Gasteiger partial charge in [-0.3, -0.25) is 14.5 Å². The quantitative estimate of drug-likeness (QED) is 0.278. The van der Waals surface area contributed by atoms with E-state index in [9.17, 15) is 9.59 Å².